The smallest absolute Gasteiger partial charge is 0.307 e. The molecule has 0 radical (unpaired) electrons. The van der Waals surface area contributed by atoms with Gasteiger partial charge in [-0.1, -0.05) is 47.2 Å². The molecule has 0 spiro atoms. The number of halogens is 3. The van der Waals surface area contributed by atoms with Crippen molar-refractivity contribution in [2.75, 3.05) is 11.4 Å². The van der Waals surface area contributed by atoms with Crippen molar-refractivity contribution < 1.29 is 23.4 Å². The van der Waals surface area contributed by atoms with Gasteiger partial charge in [-0.3, -0.25) is 4.79 Å². The molecule has 1 aliphatic heterocycles. The molecule has 0 unspecified atom stereocenters. The molecule has 0 fully saturated rings. The Morgan fingerprint density at radius 1 is 1.21 bits per heavy atom. The second-order valence-corrected chi connectivity index (χ2v) is 11.9. The molecule has 1 aliphatic rings. The number of aromatic nitrogens is 1. The van der Waals surface area contributed by atoms with Crippen molar-refractivity contribution in [2.45, 2.75) is 52.2 Å². The Hall–Kier alpha value is -3.23. The Morgan fingerprint density at radius 3 is 2.66 bits per heavy atom. The van der Waals surface area contributed by atoms with E-state index in [0.717, 1.165) is 5.56 Å². The summed E-state index contributed by atoms with van der Waals surface area (Å²) >= 11 is 7.60. The summed E-state index contributed by atoms with van der Waals surface area (Å²) in [5.41, 5.74) is 3.40. The Kier molecular flexibility index (Phi) is 6.60. The van der Waals surface area contributed by atoms with Crippen molar-refractivity contribution in [1.29, 1.82) is 0 Å². The zero-order chi connectivity index (χ0) is 27.4. The molecule has 38 heavy (non-hydrogen) atoms. The predicted octanol–water partition coefficient (Wildman–Crippen LogP) is 7.84. The molecule has 1 N–H and O–H groups in total. The van der Waals surface area contributed by atoms with Crippen LogP contribution in [0.3, 0.4) is 0 Å². The molecule has 5 nitrogen and oxygen atoms in total. The fourth-order valence-electron chi connectivity index (χ4n) is 4.88. The van der Waals surface area contributed by atoms with E-state index < -0.39 is 24.0 Å². The number of aliphatic carboxylic acids is 1. The topological polar surface area (TPSA) is 62.7 Å². The van der Waals surface area contributed by atoms with Crippen LogP contribution in [0.5, 0.6) is 5.75 Å². The average molecular weight is 557 g/mol. The van der Waals surface area contributed by atoms with Crippen molar-refractivity contribution in [2.24, 2.45) is 0 Å². The Labute approximate surface area is 228 Å². The first-order valence-corrected chi connectivity index (χ1v) is 13.4. The summed E-state index contributed by atoms with van der Waals surface area (Å²) in [5.74, 6) is -3.49. The molecule has 0 saturated carbocycles. The third kappa shape index (κ3) is 5.07. The fourth-order valence-corrected chi connectivity index (χ4v) is 6.17. The van der Waals surface area contributed by atoms with Gasteiger partial charge >= 0.3 is 5.97 Å². The van der Waals surface area contributed by atoms with E-state index in [1.54, 1.807) is 35.2 Å². The third-order valence-electron chi connectivity index (χ3n) is 6.39. The van der Waals surface area contributed by atoms with E-state index in [0.29, 0.717) is 54.9 Å². The summed E-state index contributed by atoms with van der Waals surface area (Å²) in [7, 11) is 0. The van der Waals surface area contributed by atoms with Crippen molar-refractivity contribution >= 4 is 44.3 Å². The summed E-state index contributed by atoms with van der Waals surface area (Å²) in [5, 5.41) is 10.7. The van der Waals surface area contributed by atoms with Gasteiger partial charge in [0.05, 0.1) is 23.2 Å². The molecule has 0 bridgehead atoms. The second kappa shape index (κ2) is 9.50. The van der Waals surface area contributed by atoms with Gasteiger partial charge in [0.1, 0.15) is 11.4 Å². The lowest BCUT2D eigenvalue weighted by molar-refractivity contribution is -0.136. The lowest BCUT2D eigenvalue weighted by Gasteiger charge is -2.34. The standard InChI is InChI=1S/C29H27ClF2N2O3S/c1-16-11-22-26(38-27(33-22)34-14-17-7-5-6-8-21(17)29(31,32)15-34)25(20(16)13-24(35)36)19-10-9-18(30)12-23(19)37-28(2,3)4/h5-12H,13-15H2,1-4H3,(H,35,36). The monoisotopic (exact) mass is 556 g/mol. The van der Waals surface area contributed by atoms with E-state index in [2.05, 4.69) is 0 Å². The Balaban J connectivity index is 1.72. The second-order valence-electron chi connectivity index (χ2n) is 10.5. The number of aryl methyl sites for hydroxylation is 1. The van der Waals surface area contributed by atoms with Gasteiger partial charge in [0.25, 0.3) is 5.92 Å². The number of thiazole rings is 1. The lowest BCUT2D eigenvalue weighted by atomic mass is 9.92. The SMILES string of the molecule is Cc1cc2nc(N3Cc4ccccc4C(F)(F)C3)sc2c(-c2ccc(Cl)cc2OC(C)(C)C)c1CC(=O)O. The average Bonchev–Trinajstić information content (AvgIpc) is 3.22. The van der Waals surface area contributed by atoms with Gasteiger partial charge in [0.2, 0.25) is 0 Å². The fraction of sp³-hybridized carbons (Fsp3) is 0.310. The van der Waals surface area contributed by atoms with E-state index in [4.69, 9.17) is 21.3 Å². The van der Waals surface area contributed by atoms with Crippen LogP contribution in [-0.2, 0) is 23.7 Å². The number of carboxylic acid groups (broad SMARTS) is 1. The summed E-state index contributed by atoms with van der Waals surface area (Å²) in [6, 6.07) is 13.7. The molecular weight excluding hydrogens is 530 g/mol. The maximum Gasteiger partial charge on any atom is 0.307 e. The number of anilines is 1. The number of carboxylic acids is 1. The van der Waals surface area contributed by atoms with E-state index in [1.165, 1.54) is 17.4 Å². The number of hydrogen-bond acceptors (Lipinski definition) is 5. The number of alkyl halides is 2. The molecular formula is C29H27ClF2N2O3S. The molecule has 3 aromatic carbocycles. The van der Waals surface area contributed by atoms with Crippen LogP contribution in [0.4, 0.5) is 13.9 Å². The van der Waals surface area contributed by atoms with Gasteiger partial charge in [-0.25, -0.2) is 4.98 Å². The molecule has 0 aliphatic carbocycles. The summed E-state index contributed by atoms with van der Waals surface area (Å²) in [4.78, 5) is 18.2. The van der Waals surface area contributed by atoms with E-state index in [-0.39, 0.29) is 12.0 Å². The number of ether oxygens (including phenoxy) is 1. The Morgan fingerprint density at radius 2 is 1.95 bits per heavy atom. The van der Waals surface area contributed by atoms with Crippen LogP contribution in [0, 0.1) is 6.92 Å². The lowest BCUT2D eigenvalue weighted by Crippen LogP contribution is -2.40. The zero-order valence-electron chi connectivity index (χ0n) is 21.4. The normalized spacial score (nSPS) is 15.0. The van der Waals surface area contributed by atoms with Crippen molar-refractivity contribution in [3.8, 4) is 16.9 Å². The quantitative estimate of drug-likeness (QED) is 0.271. The number of nitrogens with zero attached hydrogens (tertiary/aromatic N) is 2. The van der Waals surface area contributed by atoms with Gasteiger partial charge in [-0.15, -0.1) is 0 Å². The molecule has 0 atom stereocenters. The molecule has 0 amide bonds. The van der Waals surface area contributed by atoms with Crippen LogP contribution < -0.4 is 9.64 Å². The van der Waals surface area contributed by atoms with Gasteiger partial charge in [0, 0.05) is 28.3 Å². The van der Waals surface area contributed by atoms with Crippen LogP contribution in [0.1, 0.15) is 43.0 Å². The minimum absolute atomic E-state index is 0.0442. The first-order chi connectivity index (χ1) is 17.8. The van der Waals surface area contributed by atoms with Crippen LogP contribution in [0.2, 0.25) is 5.02 Å². The largest absolute Gasteiger partial charge is 0.487 e. The number of rotatable bonds is 5. The minimum atomic E-state index is -3.02. The minimum Gasteiger partial charge on any atom is -0.487 e. The van der Waals surface area contributed by atoms with Crippen LogP contribution in [-0.4, -0.2) is 28.2 Å². The van der Waals surface area contributed by atoms with Crippen LogP contribution in [0.25, 0.3) is 21.3 Å². The molecule has 1 aromatic heterocycles. The molecule has 198 valence electrons. The highest BCUT2D eigenvalue weighted by Gasteiger charge is 2.41. The van der Waals surface area contributed by atoms with Crippen LogP contribution in [0.15, 0.2) is 48.5 Å². The highest BCUT2D eigenvalue weighted by molar-refractivity contribution is 7.22. The van der Waals surface area contributed by atoms with Crippen molar-refractivity contribution in [3.05, 3.63) is 75.8 Å². The zero-order valence-corrected chi connectivity index (χ0v) is 23.0. The third-order valence-corrected chi connectivity index (χ3v) is 7.77. The molecule has 4 aromatic rings. The van der Waals surface area contributed by atoms with Gasteiger partial charge in [-0.05, 0) is 68.7 Å². The number of carbonyl (C=O) groups is 1. The van der Waals surface area contributed by atoms with Crippen LogP contribution >= 0.6 is 22.9 Å². The summed E-state index contributed by atoms with van der Waals surface area (Å²) in [6.07, 6.45) is -0.211. The van der Waals surface area contributed by atoms with Crippen molar-refractivity contribution in [3.63, 3.8) is 0 Å². The van der Waals surface area contributed by atoms with Crippen molar-refractivity contribution in [1.82, 2.24) is 4.98 Å². The van der Waals surface area contributed by atoms with E-state index >= 15 is 8.78 Å². The van der Waals surface area contributed by atoms with Gasteiger partial charge in [0.15, 0.2) is 5.13 Å². The first kappa shape index (κ1) is 26.4. The van der Waals surface area contributed by atoms with E-state index in [1.807, 2.05) is 39.8 Å². The molecule has 5 rings (SSSR count). The summed E-state index contributed by atoms with van der Waals surface area (Å²) in [6.45, 7) is 7.41. The Bertz CT molecular complexity index is 1560. The summed E-state index contributed by atoms with van der Waals surface area (Å²) < 4.78 is 37.1. The highest BCUT2D eigenvalue weighted by Crippen LogP contribution is 2.46. The number of hydrogen-bond donors (Lipinski definition) is 1. The van der Waals surface area contributed by atoms with Gasteiger partial charge < -0.3 is 14.7 Å². The highest BCUT2D eigenvalue weighted by atomic mass is 35.5. The predicted molar refractivity (Wildman–Crippen MR) is 148 cm³/mol. The van der Waals surface area contributed by atoms with Gasteiger partial charge in [-0.2, -0.15) is 8.78 Å². The number of fused-ring (bicyclic) bond motifs is 2. The first-order valence-electron chi connectivity index (χ1n) is 12.2. The molecule has 9 heteroatoms. The number of benzene rings is 3. The maximum absolute atomic E-state index is 15.1. The van der Waals surface area contributed by atoms with E-state index in [9.17, 15) is 9.90 Å². The maximum atomic E-state index is 15.1. The molecule has 2 heterocycles. The molecule has 0 saturated heterocycles.